The smallest absolute Gasteiger partial charge is 0.314 e. The van der Waals surface area contributed by atoms with Gasteiger partial charge >= 0.3 is 11.1 Å². The predicted molar refractivity (Wildman–Crippen MR) is 61.3 cm³/mol. The largest absolute Gasteiger partial charge is 0.316 e. The Hall–Kier alpha value is -2.44. The number of nitro groups is 1. The van der Waals surface area contributed by atoms with Gasteiger partial charge in [-0.1, -0.05) is 0 Å². The third-order valence-electron chi connectivity index (χ3n) is 2.61. The number of nitro benzene ring substituents is 1. The van der Waals surface area contributed by atoms with Crippen molar-refractivity contribution < 1.29 is 4.92 Å². The van der Waals surface area contributed by atoms with Crippen LogP contribution in [0.2, 0.25) is 0 Å². The Kier molecular flexibility index (Phi) is 2.31. The van der Waals surface area contributed by atoms with Gasteiger partial charge in [0, 0.05) is 5.56 Å². The molecule has 0 aliphatic carbocycles. The molecular formula is C10H9N3O4. The predicted octanol–water partition coefficient (Wildman–Crippen LogP) is 0.741. The molecule has 0 saturated heterocycles. The van der Waals surface area contributed by atoms with E-state index < -0.39 is 16.0 Å². The van der Waals surface area contributed by atoms with Crippen LogP contribution in [0, 0.1) is 24.0 Å². The minimum atomic E-state index is -0.821. The average Bonchev–Trinajstić information content (AvgIpc) is 2.21. The average molecular weight is 235 g/mol. The molecule has 0 fully saturated rings. The second-order valence-electron chi connectivity index (χ2n) is 3.75. The van der Waals surface area contributed by atoms with Crippen molar-refractivity contribution in [3.8, 4) is 0 Å². The van der Waals surface area contributed by atoms with Gasteiger partial charge < -0.3 is 9.97 Å². The third-order valence-corrected chi connectivity index (χ3v) is 2.61. The topological polar surface area (TPSA) is 109 Å². The highest BCUT2D eigenvalue weighted by Crippen LogP contribution is 2.27. The monoisotopic (exact) mass is 235 g/mol. The quantitative estimate of drug-likeness (QED) is 0.431. The molecule has 0 unspecified atom stereocenters. The van der Waals surface area contributed by atoms with E-state index >= 15 is 0 Å². The van der Waals surface area contributed by atoms with Crippen molar-refractivity contribution >= 4 is 16.7 Å². The molecule has 2 N–H and O–H groups in total. The molecule has 0 aliphatic heterocycles. The highest BCUT2D eigenvalue weighted by Gasteiger charge is 2.18. The molecule has 1 aromatic heterocycles. The van der Waals surface area contributed by atoms with Crippen LogP contribution in [0.4, 0.5) is 5.69 Å². The zero-order valence-corrected chi connectivity index (χ0v) is 9.16. The summed E-state index contributed by atoms with van der Waals surface area (Å²) in [5.74, 6) is 0. The first-order valence-corrected chi connectivity index (χ1v) is 4.82. The van der Waals surface area contributed by atoms with E-state index in [2.05, 4.69) is 9.97 Å². The molecule has 0 aliphatic rings. The summed E-state index contributed by atoms with van der Waals surface area (Å²) in [7, 11) is 0. The molecule has 0 radical (unpaired) electrons. The van der Waals surface area contributed by atoms with Crippen molar-refractivity contribution in [3.05, 3.63) is 48.0 Å². The van der Waals surface area contributed by atoms with E-state index in [0.717, 1.165) is 0 Å². The maximum Gasteiger partial charge on any atom is 0.314 e. The number of fused-ring (bicyclic) bond motifs is 1. The summed E-state index contributed by atoms with van der Waals surface area (Å²) in [5.41, 5.74) is -0.216. The van der Waals surface area contributed by atoms with E-state index in [-0.39, 0.29) is 11.2 Å². The van der Waals surface area contributed by atoms with Gasteiger partial charge in [0.2, 0.25) is 0 Å². The molecular weight excluding hydrogens is 226 g/mol. The fourth-order valence-corrected chi connectivity index (χ4v) is 1.86. The van der Waals surface area contributed by atoms with Crippen LogP contribution >= 0.6 is 0 Å². The Balaban J connectivity index is 3.02. The molecule has 0 bridgehead atoms. The van der Waals surface area contributed by atoms with Gasteiger partial charge in [-0.3, -0.25) is 19.7 Å². The van der Waals surface area contributed by atoms with E-state index in [0.29, 0.717) is 16.6 Å². The first-order valence-electron chi connectivity index (χ1n) is 4.82. The number of hydrogen-bond donors (Lipinski definition) is 2. The molecule has 0 atom stereocenters. The van der Waals surface area contributed by atoms with E-state index in [1.54, 1.807) is 6.92 Å². The van der Waals surface area contributed by atoms with Crippen LogP contribution in [-0.2, 0) is 0 Å². The second-order valence-corrected chi connectivity index (χ2v) is 3.75. The molecule has 2 aromatic rings. The maximum atomic E-state index is 11.2. The van der Waals surface area contributed by atoms with Crippen molar-refractivity contribution in [3.63, 3.8) is 0 Å². The summed E-state index contributed by atoms with van der Waals surface area (Å²) in [4.78, 5) is 37.4. The van der Waals surface area contributed by atoms with Crippen LogP contribution in [0.1, 0.15) is 11.1 Å². The molecule has 1 heterocycles. The van der Waals surface area contributed by atoms with Crippen molar-refractivity contribution in [1.29, 1.82) is 0 Å². The van der Waals surface area contributed by atoms with Crippen molar-refractivity contribution in [1.82, 2.24) is 9.97 Å². The summed E-state index contributed by atoms with van der Waals surface area (Å²) < 4.78 is 0. The van der Waals surface area contributed by atoms with Crippen LogP contribution in [-0.4, -0.2) is 14.9 Å². The van der Waals surface area contributed by atoms with Gasteiger partial charge in [-0.05, 0) is 19.9 Å². The van der Waals surface area contributed by atoms with E-state index in [1.165, 1.54) is 13.0 Å². The van der Waals surface area contributed by atoms with E-state index in [4.69, 9.17) is 0 Å². The van der Waals surface area contributed by atoms with Gasteiger partial charge in [-0.2, -0.15) is 0 Å². The lowest BCUT2D eigenvalue weighted by Gasteiger charge is -2.05. The number of rotatable bonds is 1. The number of hydrogen-bond acceptors (Lipinski definition) is 4. The Morgan fingerprint density at radius 1 is 1.18 bits per heavy atom. The molecule has 1 aromatic carbocycles. The molecule has 0 saturated carbocycles. The molecule has 2 rings (SSSR count). The Labute approximate surface area is 94.3 Å². The van der Waals surface area contributed by atoms with Crippen LogP contribution in [0.25, 0.3) is 11.0 Å². The molecule has 88 valence electrons. The minimum absolute atomic E-state index is 0.0554. The van der Waals surface area contributed by atoms with Gasteiger partial charge in [0.15, 0.2) is 0 Å². The standard InChI is InChI=1S/C10H9N3O4/c1-4-3-6-7(5(2)8(4)13(16)17)12-10(15)9(14)11-6/h3H,1-2H3,(H,11,14)(H,12,15). The lowest BCUT2D eigenvalue weighted by atomic mass is 10.1. The number of aryl methyl sites for hydroxylation is 2. The molecule has 7 nitrogen and oxygen atoms in total. The zero-order valence-electron chi connectivity index (χ0n) is 9.16. The van der Waals surface area contributed by atoms with Gasteiger partial charge in [-0.15, -0.1) is 0 Å². The number of benzene rings is 1. The molecule has 0 amide bonds. The Bertz CT molecular complexity index is 742. The summed E-state index contributed by atoms with van der Waals surface area (Å²) in [5, 5.41) is 10.9. The normalized spacial score (nSPS) is 10.7. The number of H-pyrrole nitrogens is 2. The molecule has 0 spiro atoms. The summed E-state index contributed by atoms with van der Waals surface area (Å²) >= 11 is 0. The van der Waals surface area contributed by atoms with Gasteiger partial charge in [0.05, 0.1) is 21.5 Å². The van der Waals surface area contributed by atoms with Crippen molar-refractivity contribution in [2.24, 2.45) is 0 Å². The Morgan fingerprint density at radius 3 is 2.35 bits per heavy atom. The fraction of sp³-hybridized carbons (Fsp3) is 0.200. The second kappa shape index (κ2) is 3.55. The third kappa shape index (κ3) is 1.61. The highest BCUT2D eigenvalue weighted by atomic mass is 16.6. The number of aromatic amines is 2. The van der Waals surface area contributed by atoms with Crippen LogP contribution in [0.3, 0.4) is 0 Å². The fourth-order valence-electron chi connectivity index (χ4n) is 1.86. The van der Waals surface area contributed by atoms with Gasteiger partial charge in [0.1, 0.15) is 0 Å². The SMILES string of the molecule is Cc1cc2[nH]c(=O)c(=O)[nH]c2c(C)c1[N+](=O)[O-]. The highest BCUT2D eigenvalue weighted by molar-refractivity contribution is 5.82. The number of aromatic nitrogens is 2. The van der Waals surface area contributed by atoms with Crippen LogP contribution in [0.15, 0.2) is 15.7 Å². The van der Waals surface area contributed by atoms with Gasteiger partial charge in [-0.25, -0.2) is 0 Å². The lowest BCUT2D eigenvalue weighted by Crippen LogP contribution is -2.29. The van der Waals surface area contributed by atoms with Crippen molar-refractivity contribution in [2.75, 3.05) is 0 Å². The molecule has 17 heavy (non-hydrogen) atoms. The van der Waals surface area contributed by atoms with E-state index in [1.807, 2.05) is 0 Å². The van der Waals surface area contributed by atoms with Crippen molar-refractivity contribution in [2.45, 2.75) is 13.8 Å². The zero-order chi connectivity index (χ0) is 12.7. The number of nitrogens with zero attached hydrogens (tertiary/aromatic N) is 1. The van der Waals surface area contributed by atoms with Crippen LogP contribution < -0.4 is 11.1 Å². The lowest BCUT2D eigenvalue weighted by molar-refractivity contribution is -0.385. The number of nitrogens with one attached hydrogen (secondary N) is 2. The van der Waals surface area contributed by atoms with Gasteiger partial charge in [0.25, 0.3) is 5.69 Å². The maximum absolute atomic E-state index is 11.2. The first-order chi connectivity index (χ1) is 7.91. The molecule has 7 heteroatoms. The first kappa shape index (κ1) is 11.1. The van der Waals surface area contributed by atoms with E-state index in [9.17, 15) is 19.7 Å². The summed E-state index contributed by atoms with van der Waals surface area (Å²) in [6.07, 6.45) is 0. The summed E-state index contributed by atoms with van der Waals surface area (Å²) in [6, 6.07) is 1.47. The summed E-state index contributed by atoms with van der Waals surface area (Å²) in [6.45, 7) is 3.11. The Morgan fingerprint density at radius 2 is 1.76 bits per heavy atom. The minimum Gasteiger partial charge on any atom is -0.316 e. The van der Waals surface area contributed by atoms with Crippen LogP contribution in [0.5, 0.6) is 0 Å².